The first-order valence-corrected chi connectivity index (χ1v) is 5.33. The molecule has 0 amide bonds. The zero-order chi connectivity index (χ0) is 10.1. The zero-order valence-electron chi connectivity index (χ0n) is 8.90. The highest BCUT2D eigenvalue weighted by molar-refractivity contribution is 5.76. The molecule has 0 aromatic heterocycles. The summed E-state index contributed by atoms with van der Waals surface area (Å²) in [7, 11) is 0. The van der Waals surface area contributed by atoms with Gasteiger partial charge in [-0.25, -0.2) is 0 Å². The first-order valence-electron chi connectivity index (χ1n) is 5.33. The Morgan fingerprint density at radius 1 is 1.36 bits per heavy atom. The third-order valence-corrected chi connectivity index (χ3v) is 3.15. The molecule has 0 aliphatic carbocycles. The van der Waals surface area contributed by atoms with Crippen LogP contribution in [0.3, 0.4) is 0 Å². The van der Waals surface area contributed by atoms with Crippen LogP contribution >= 0.6 is 0 Å². The standard InChI is InChI=1S/C10H18N2O2/c1-8(2)12-4-3-11-5-6-14-10(13)9(11)7-12/h8-9H,3-7H2,1-2H3. The van der Waals surface area contributed by atoms with Crippen molar-refractivity contribution >= 4 is 5.97 Å². The lowest BCUT2D eigenvalue weighted by atomic mass is 10.1. The lowest BCUT2D eigenvalue weighted by Gasteiger charge is -2.43. The Kier molecular flexibility index (Phi) is 2.74. The van der Waals surface area contributed by atoms with Crippen LogP contribution in [0.4, 0.5) is 0 Å². The van der Waals surface area contributed by atoms with Crippen LogP contribution in [0, 0.1) is 0 Å². The average molecular weight is 198 g/mol. The number of piperazine rings is 1. The molecule has 2 heterocycles. The second kappa shape index (κ2) is 3.87. The van der Waals surface area contributed by atoms with E-state index >= 15 is 0 Å². The highest BCUT2D eigenvalue weighted by Gasteiger charge is 2.36. The number of ether oxygens (including phenoxy) is 1. The maximum Gasteiger partial charge on any atom is 0.324 e. The van der Waals surface area contributed by atoms with Crippen molar-refractivity contribution < 1.29 is 9.53 Å². The van der Waals surface area contributed by atoms with Crippen LogP contribution in [-0.4, -0.2) is 60.6 Å². The molecule has 0 spiro atoms. The number of esters is 1. The molecule has 0 radical (unpaired) electrons. The van der Waals surface area contributed by atoms with Gasteiger partial charge in [0.1, 0.15) is 12.6 Å². The number of fused-ring (bicyclic) bond motifs is 1. The van der Waals surface area contributed by atoms with E-state index < -0.39 is 0 Å². The van der Waals surface area contributed by atoms with Crippen LogP contribution in [0.15, 0.2) is 0 Å². The molecule has 4 nitrogen and oxygen atoms in total. The quantitative estimate of drug-likeness (QED) is 0.553. The van der Waals surface area contributed by atoms with Gasteiger partial charge >= 0.3 is 5.97 Å². The molecule has 0 aromatic carbocycles. The molecule has 80 valence electrons. The fourth-order valence-electron chi connectivity index (χ4n) is 2.16. The van der Waals surface area contributed by atoms with E-state index in [1.165, 1.54) is 0 Å². The molecule has 4 heteroatoms. The van der Waals surface area contributed by atoms with E-state index in [0.29, 0.717) is 12.6 Å². The number of hydrogen-bond acceptors (Lipinski definition) is 4. The minimum atomic E-state index is -0.0402. The summed E-state index contributed by atoms with van der Waals surface area (Å²) < 4.78 is 5.07. The number of cyclic esters (lactones) is 1. The van der Waals surface area contributed by atoms with Crippen molar-refractivity contribution in [3.63, 3.8) is 0 Å². The van der Waals surface area contributed by atoms with Crippen molar-refractivity contribution in [1.29, 1.82) is 0 Å². The lowest BCUT2D eigenvalue weighted by molar-refractivity contribution is -0.161. The van der Waals surface area contributed by atoms with E-state index in [2.05, 4.69) is 23.6 Å². The van der Waals surface area contributed by atoms with E-state index in [1.54, 1.807) is 0 Å². The number of morpholine rings is 1. The average Bonchev–Trinajstić information content (AvgIpc) is 2.18. The zero-order valence-corrected chi connectivity index (χ0v) is 8.90. The molecule has 0 bridgehead atoms. The molecule has 2 aliphatic heterocycles. The Hall–Kier alpha value is -0.610. The maximum atomic E-state index is 11.5. The van der Waals surface area contributed by atoms with Crippen LogP contribution in [0.1, 0.15) is 13.8 Å². The van der Waals surface area contributed by atoms with Crippen molar-refractivity contribution in [3.05, 3.63) is 0 Å². The summed E-state index contributed by atoms with van der Waals surface area (Å²) in [5.41, 5.74) is 0. The second-order valence-corrected chi connectivity index (χ2v) is 4.31. The third-order valence-electron chi connectivity index (χ3n) is 3.15. The predicted octanol–water partition coefficient (Wildman–Crippen LogP) is -0.0622. The van der Waals surface area contributed by atoms with Gasteiger partial charge in [-0.3, -0.25) is 14.6 Å². The van der Waals surface area contributed by atoms with Crippen molar-refractivity contribution in [2.24, 2.45) is 0 Å². The first kappa shape index (κ1) is 9.93. The molecule has 2 rings (SSSR count). The van der Waals surface area contributed by atoms with Crippen molar-refractivity contribution in [2.75, 3.05) is 32.8 Å². The molecule has 0 N–H and O–H groups in total. The third kappa shape index (κ3) is 1.77. The minimum Gasteiger partial charge on any atom is -0.463 e. The number of carbonyl (C=O) groups is 1. The molecular formula is C10H18N2O2. The predicted molar refractivity (Wildman–Crippen MR) is 53.0 cm³/mol. The van der Waals surface area contributed by atoms with Crippen LogP contribution in [0.25, 0.3) is 0 Å². The SMILES string of the molecule is CC(C)N1CCN2CCOC(=O)C2C1. The molecule has 2 fully saturated rings. The summed E-state index contributed by atoms with van der Waals surface area (Å²) in [5.74, 6) is -0.0402. The van der Waals surface area contributed by atoms with E-state index in [4.69, 9.17) is 4.74 Å². The van der Waals surface area contributed by atoms with Crippen LogP contribution in [0.2, 0.25) is 0 Å². The largest absolute Gasteiger partial charge is 0.463 e. The van der Waals surface area contributed by atoms with E-state index in [-0.39, 0.29) is 12.0 Å². The summed E-state index contributed by atoms with van der Waals surface area (Å²) in [6.45, 7) is 8.71. The van der Waals surface area contributed by atoms with Gasteiger partial charge < -0.3 is 4.74 Å². The molecule has 14 heavy (non-hydrogen) atoms. The van der Waals surface area contributed by atoms with Gasteiger partial charge in [0.05, 0.1) is 0 Å². The Labute approximate surface area is 84.8 Å². The first-order chi connectivity index (χ1) is 6.68. The van der Waals surface area contributed by atoms with Gasteiger partial charge in [0.2, 0.25) is 0 Å². The Balaban J connectivity index is 2.02. The van der Waals surface area contributed by atoms with E-state index in [9.17, 15) is 4.79 Å². The number of rotatable bonds is 1. The number of nitrogens with zero attached hydrogens (tertiary/aromatic N) is 2. The molecule has 2 aliphatic rings. The van der Waals surface area contributed by atoms with Crippen molar-refractivity contribution in [2.45, 2.75) is 25.9 Å². The summed E-state index contributed by atoms with van der Waals surface area (Å²) in [4.78, 5) is 16.1. The van der Waals surface area contributed by atoms with Gasteiger partial charge in [0.15, 0.2) is 0 Å². The monoisotopic (exact) mass is 198 g/mol. The van der Waals surface area contributed by atoms with Gasteiger partial charge in [0.25, 0.3) is 0 Å². The maximum absolute atomic E-state index is 11.5. The summed E-state index contributed by atoms with van der Waals surface area (Å²) in [6, 6.07) is 0.506. The highest BCUT2D eigenvalue weighted by Crippen LogP contribution is 2.16. The molecule has 0 aromatic rings. The smallest absolute Gasteiger partial charge is 0.324 e. The van der Waals surface area contributed by atoms with Gasteiger partial charge in [0, 0.05) is 32.2 Å². The molecule has 0 saturated carbocycles. The molecular weight excluding hydrogens is 180 g/mol. The fraction of sp³-hybridized carbons (Fsp3) is 0.900. The summed E-state index contributed by atoms with van der Waals surface area (Å²) in [6.07, 6.45) is 0. The lowest BCUT2D eigenvalue weighted by Crippen LogP contribution is -2.61. The van der Waals surface area contributed by atoms with E-state index in [0.717, 1.165) is 26.2 Å². The summed E-state index contributed by atoms with van der Waals surface area (Å²) >= 11 is 0. The summed E-state index contributed by atoms with van der Waals surface area (Å²) in [5, 5.41) is 0. The normalized spacial score (nSPS) is 30.2. The molecule has 1 atom stereocenters. The Bertz CT molecular complexity index is 230. The van der Waals surface area contributed by atoms with E-state index in [1.807, 2.05) is 0 Å². The van der Waals surface area contributed by atoms with Crippen LogP contribution < -0.4 is 0 Å². The van der Waals surface area contributed by atoms with Crippen LogP contribution in [0.5, 0.6) is 0 Å². The Morgan fingerprint density at radius 2 is 2.14 bits per heavy atom. The van der Waals surface area contributed by atoms with Crippen molar-refractivity contribution in [1.82, 2.24) is 9.80 Å². The van der Waals surface area contributed by atoms with Crippen LogP contribution in [-0.2, 0) is 9.53 Å². The van der Waals surface area contributed by atoms with Gasteiger partial charge in [-0.1, -0.05) is 0 Å². The number of carbonyl (C=O) groups excluding carboxylic acids is 1. The minimum absolute atomic E-state index is 0.0140. The van der Waals surface area contributed by atoms with Gasteiger partial charge in [-0.05, 0) is 13.8 Å². The number of hydrogen-bond donors (Lipinski definition) is 0. The molecule has 1 unspecified atom stereocenters. The highest BCUT2D eigenvalue weighted by atomic mass is 16.5. The van der Waals surface area contributed by atoms with Gasteiger partial charge in [-0.15, -0.1) is 0 Å². The van der Waals surface area contributed by atoms with Gasteiger partial charge in [-0.2, -0.15) is 0 Å². The second-order valence-electron chi connectivity index (χ2n) is 4.31. The topological polar surface area (TPSA) is 32.8 Å². The van der Waals surface area contributed by atoms with Crippen molar-refractivity contribution in [3.8, 4) is 0 Å². The Morgan fingerprint density at radius 3 is 2.86 bits per heavy atom. The fourth-order valence-corrected chi connectivity index (χ4v) is 2.16. The molecule has 2 saturated heterocycles.